The summed E-state index contributed by atoms with van der Waals surface area (Å²) >= 11 is 0. The molecule has 324 valence electrons. The minimum absolute atomic E-state index is 0.000258. The van der Waals surface area contributed by atoms with E-state index in [0.717, 1.165) is 12.0 Å². The minimum atomic E-state index is -1.61. The van der Waals surface area contributed by atoms with Crippen LogP contribution in [0.4, 0.5) is 0 Å². The van der Waals surface area contributed by atoms with Crippen molar-refractivity contribution in [2.24, 2.45) is 45.3 Å². The maximum Gasteiger partial charge on any atom is 0.187 e. The Kier molecular flexibility index (Phi) is 12.7. The second-order valence-electron chi connectivity index (χ2n) is 20.2. The molecular weight excluding hydrogens is 728 g/mol. The lowest BCUT2D eigenvalue weighted by molar-refractivity contribution is -0.349. The molecule has 0 radical (unpaired) electrons. The van der Waals surface area contributed by atoms with Crippen molar-refractivity contribution in [1.82, 2.24) is 0 Å². The predicted octanol–water partition coefficient (Wildman–Crippen LogP) is 1.12. The fourth-order valence-electron chi connectivity index (χ4n) is 13.5. The molecular formula is C42H72O14. The zero-order valence-electron chi connectivity index (χ0n) is 34.6. The van der Waals surface area contributed by atoms with Crippen molar-refractivity contribution in [3.63, 3.8) is 0 Å². The third kappa shape index (κ3) is 7.06. The van der Waals surface area contributed by atoms with Crippen molar-refractivity contribution < 1.29 is 70.0 Å². The molecule has 0 spiro atoms. The van der Waals surface area contributed by atoms with Crippen LogP contribution in [0.15, 0.2) is 11.6 Å². The monoisotopic (exact) mass is 800 g/mol. The van der Waals surface area contributed by atoms with Crippen LogP contribution < -0.4 is 0 Å². The van der Waals surface area contributed by atoms with Crippen LogP contribution in [0.25, 0.3) is 0 Å². The van der Waals surface area contributed by atoms with Crippen molar-refractivity contribution in [2.45, 2.75) is 192 Å². The number of ether oxygens (including phenoxy) is 4. The summed E-state index contributed by atoms with van der Waals surface area (Å²) in [6.07, 6.45) is -9.52. The van der Waals surface area contributed by atoms with Crippen molar-refractivity contribution in [2.75, 3.05) is 13.2 Å². The molecule has 21 atom stereocenters. The Labute approximate surface area is 331 Å². The lowest BCUT2D eigenvalue weighted by Crippen LogP contribution is -2.71. The number of rotatable bonds is 10. The lowest BCUT2D eigenvalue weighted by atomic mass is 9.34. The first-order valence-electron chi connectivity index (χ1n) is 21.0. The fraction of sp³-hybridized carbons (Fsp3) is 0.952. The second-order valence-corrected chi connectivity index (χ2v) is 20.2. The molecule has 56 heavy (non-hydrogen) atoms. The minimum Gasteiger partial charge on any atom is -0.394 e. The molecule has 0 bridgehead atoms. The van der Waals surface area contributed by atoms with Crippen LogP contribution in [0.1, 0.15) is 107 Å². The van der Waals surface area contributed by atoms with E-state index in [-0.39, 0.29) is 23.7 Å². The Morgan fingerprint density at radius 3 is 1.89 bits per heavy atom. The SMILES string of the molecule is CC(C)=CCC[C@@](C)(O[C@@H]1O[C@@H](CO)[C@@H](O)[C@@H](O)[C@@H]1O)C1CC[C@]2(C)[C@@H]1[C@H](O)C[C@@H]1[C@@]3(C)CC[C@H](O)C(C)(C)[C@H]3[C@H](O[C@@H]3O[C@@H](CO)[C@@H](O)[C@@H](O)[C@@H]3O)C[C@]12C. The Bertz CT molecular complexity index is 1400. The molecule has 6 aliphatic rings. The molecule has 14 heteroatoms. The van der Waals surface area contributed by atoms with Gasteiger partial charge in [0.15, 0.2) is 12.6 Å². The average Bonchev–Trinajstić information content (AvgIpc) is 3.52. The second kappa shape index (κ2) is 15.9. The zero-order chi connectivity index (χ0) is 41.5. The normalized spacial score (nSPS) is 52.6. The van der Waals surface area contributed by atoms with Crippen LogP contribution in [-0.2, 0) is 18.9 Å². The van der Waals surface area contributed by atoms with E-state index < -0.39 is 120 Å². The molecule has 0 aromatic carbocycles. The number of fused-ring (bicyclic) bond motifs is 5. The fourth-order valence-corrected chi connectivity index (χ4v) is 13.5. The van der Waals surface area contributed by atoms with Crippen LogP contribution in [0, 0.1) is 45.3 Å². The predicted molar refractivity (Wildman–Crippen MR) is 202 cm³/mol. The van der Waals surface area contributed by atoms with Gasteiger partial charge in [0, 0.05) is 0 Å². The molecule has 2 saturated heterocycles. The van der Waals surface area contributed by atoms with Gasteiger partial charge in [-0.2, -0.15) is 0 Å². The standard InChI is InChI=1S/C42H72O14/c1-20(2)10-9-13-42(8,56-37-34(52)32(50)30(48)25(19-44)55-37)21-11-15-40(6)28(21)22(45)16-26-39(5)14-12-27(46)38(3,4)35(39)23(17-41(26,40)7)53-36-33(51)31(49)29(47)24(18-43)54-36/h10,21-37,43-52H,9,11-19H2,1-8H3/t21?,22-,23-,24+,25+,26-,27+,28+,29-,30-,31-,32-,33+,34+,35-,36-,37+,39-,40-,41-,42-/m1/s1. The van der Waals surface area contributed by atoms with E-state index in [0.29, 0.717) is 44.9 Å². The third-order valence-electron chi connectivity index (χ3n) is 16.6. The maximum atomic E-state index is 12.6. The molecule has 2 heterocycles. The summed E-state index contributed by atoms with van der Waals surface area (Å²) in [5, 5.41) is 109. The first-order valence-corrected chi connectivity index (χ1v) is 21.0. The molecule has 10 N–H and O–H groups in total. The van der Waals surface area contributed by atoms with E-state index >= 15 is 0 Å². The van der Waals surface area contributed by atoms with Crippen LogP contribution in [0.3, 0.4) is 0 Å². The van der Waals surface area contributed by atoms with Gasteiger partial charge in [0.1, 0.15) is 48.8 Å². The lowest BCUT2D eigenvalue weighted by Gasteiger charge is -2.72. The number of allylic oxidation sites excluding steroid dienone is 2. The van der Waals surface area contributed by atoms with E-state index in [1.807, 2.05) is 34.6 Å². The van der Waals surface area contributed by atoms with Crippen LogP contribution in [-0.4, -0.2) is 150 Å². The summed E-state index contributed by atoms with van der Waals surface area (Å²) in [5.74, 6) is -0.781. The molecule has 0 amide bonds. The van der Waals surface area contributed by atoms with Gasteiger partial charge in [0.25, 0.3) is 0 Å². The average molecular weight is 801 g/mol. The smallest absolute Gasteiger partial charge is 0.187 e. The Morgan fingerprint density at radius 1 is 0.750 bits per heavy atom. The quantitative estimate of drug-likeness (QED) is 0.110. The van der Waals surface area contributed by atoms with Crippen molar-refractivity contribution >= 4 is 0 Å². The van der Waals surface area contributed by atoms with Crippen LogP contribution >= 0.6 is 0 Å². The summed E-state index contributed by atoms with van der Waals surface area (Å²) in [6, 6.07) is 0. The first-order chi connectivity index (χ1) is 26.0. The number of hydrogen-bond acceptors (Lipinski definition) is 14. The van der Waals surface area contributed by atoms with Gasteiger partial charge < -0.3 is 70.0 Å². The van der Waals surface area contributed by atoms with Gasteiger partial charge >= 0.3 is 0 Å². The highest BCUT2D eigenvalue weighted by Gasteiger charge is 2.74. The number of hydrogen-bond donors (Lipinski definition) is 10. The molecule has 0 aromatic heterocycles. The number of aliphatic hydroxyl groups excluding tert-OH is 10. The molecule has 14 nitrogen and oxygen atoms in total. The molecule has 6 rings (SSSR count). The Balaban J connectivity index is 1.39. The van der Waals surface area contributed by atoms with E-state index in [2.05, 4.69) is 26.8 Å². The molecule has 4 saturated carbocycles. The van der Waals surface area contributed by atoms with Gasteiger partial charge in [0.2, 0.25) is 0 Å². The van der Waals surface area contributed by atoms with Crippen molar-refractivity contribution in [3.8, 4) is 0 Å². The molecule has 6 fully saturated rings. The maximum absolute atomic E-state index is 12.6. The van der Waals surface area contributed by atoms with Gasteiger partial charge in [0.05, 0.1) is 37.1 Å². The largest absolute Gasteiger partial charge is 0.394 e. The summed E-state index contributed by atoms with van der Waals surface area (Å²) in [7, 11) is 0. The molecule has 0 aromatic rings. The highest BCUT2D eigenvalue weighted by atomic mass is 16.7. The van der Waals surface area contributed by atoms with Crippen LogP contribution in [0.2, 0.25) is 0 Å². The number of aliphatic hydroxyl groups is 10. The van der Waals surface area contributed by atoms with Gasteiger partial charge in [-0.15, -0.1) is 0 Å². The van der Waals surface area contributed by atoms with Crippen LogP contribution in [0.5, 0.6) is 0 Å². The molecule has 1 unspecified atom stereocenters. The Hall–Kier alpha value is -0.820. The first kappa shape index (κ1) is 44.7. The van der Waals surface area contributed by atoms with Gasteiger partial charge in [-0.3, -0.25) is 0 Å². The topological polar surface area (TPSA) is 239 Å². The highest BCUT2D eigenvalue weighted by molar-refractivity contribution is 5.22. The summed E-state index contributed by atoms with van der Waals surface area (Å²) < 4.78 is 25.4. The summed E-state index contributed by atoms with van der Waals surface area (Å²) in [5.41, 5.74) is -1.92. The van der Waals surface area contributed by atoms with Crippen molar-refractivity contribution in [1.29, 1.82) is 0 Å². The zero-order valence-corrected chi connectivity index (χ0v) is 34.6. The van der Waals surface area contributed by atoms with Gasteiger partial charge in [-0.25, -0.2) is 0 Å². The molecule has 4 aliphatic carbocycles. The van der Waals surface area contributed by atoms with E-state index in [1.165, 1.54) is 0 Å². The van der Waals surface area contributed by atoms with Gasteiger partial charge in [-0.05, 0) is 117 Å². The Morgan fingerprint density at radius 2 is 1.32 bits per heavy atom. The van der Waals surface area contributed by atoms with E-state index in [4.69, 9.17) is 18.9 Å². The third-order valence-corrected chi connectivity index (χ3v) is 16.6. The highest BCUT2D eigenvalue weighted by Crippen LogP contribution is 2.76. The van der Waals surface area contributed by atoms with Gasteiger partial charge in [-0.1, -0.05) is 46.3 Å². The van der Waals surface area contributed by atoms with E-state index in [9.17, 15) is 51.1 Å². The summed E-state index contributed by atoms with van der Waals surface area (Å²) in [6.45, 7) is 15.7. The summed E-state index contributed by atoms with van der Waals surface area (Å²) in [4.78, 5) is 0. The molecule has 2 aliphatic heterocycles. The van der Waals surface area contributed by atoms with Crippen molar-refractivity contribution in [3.05, 3.63) is 11.6 Å². The van der Waals surface area contributed by atoms with E-state index in [1.54, 1.807) is 0 Å².